The molecule has 0 radical (unpaired) electrons. The van der Waals surface area contributed by atoms with Crippen molar-refractivity contribution in [1.29, 1.82) is 0 Å². The molecule has 1 aromatic heterocycles. The van der Waals surface area contributed by atoms with Crippen molar-refractivity contribution in [3.05, 3.63) is 41.2 Å². The van der Waals surface area contributed by atoms with Gasteiger partial charge in [-0.3, -0.25) is 14.4 Å². The monoisotopic (exact) mass is 543 g/mol. The van der Waals surface area contributed by atoms with Crippen molar-refractivity contribution in [2.24, 2.45) is 11.8 Å². The summed E-state index contributed by atoms with van der Waals surface area (Å²) in [6, 6.07) is 6.68. The molecule has 1 saturated carbocycles. The largest absolute Gasteiger partial charge is 0.366 e. The lowest BCUT2D eigenvalue weighted by molar-refractivity contribution is -0.139. The van der Waals surface area contributed by atoms with Gasteiger partial charge in [0.25, 0.3) is 0 Å². The van der Waals surface area contributed by atoms with Gasteiger partial charge in [0.15, 0.2) is 5.13 Å². The van der Waals surface area contributed by atoms with Crippen molar-refractivity contribution in [3.8, 4) is 0 Å². The van der Waals surface area contributed by atoms with Crippen LogP contribution in [0.4, 0.5) is 15.2 Å². The lowest BCUT2D eigenvalue weighted by Gasteiger charge is -2.36. The number of hydrogen-bond donors (Lipinski definition) is 1. The first-order valence-corrected chi connectivity index (χ1v) is 14.5. The van der Waals surface area contributed by atoms with Gasteiger partial charge in [0.2, 0.25) is 17.7 Å². The Labute approximate surface area is 228 Å². The molecule has 1 N–H and O–H groups in total. The number of aromatic nitrogens is 1. The number of nitrogens with zero attached hydrogens (tertiary/aromatic N) is 4. The Hall–Kier alpha value is -3.01. The Kier molecular flexibility index (Phi) is 9.71. The van der Waals surface area contributed by atoms with Gasteiger partial charge in [0.05, 0.1) is 24.3 Å². The number of piperazine rings is 1. The summed E-state index contributed by atoms with van der Waals surface area (Å²) in [6.45, 7) is 6.81. The van der Waals surface area contributed by atoms with Crippen molar-refractivity contribution < 1.29 is 18.8 Å². The zero-order valence-electron chi connectivity index (χ0n) is 22.3. The van der Waals surface area contributed by atoms with Crippen LogP contribution in [0.15, 0.2) is 29.6 Å². The van der Waals surface area contributed by atoms with Crippen molar-refractivity contribution in [2.75, 3.05) is 49.5 Å². The molecule has 1 aliphatic carbocycles. The van der Waals surface area contributed by atoms with Crippen LogP contribution in [0.25, 0.3) is 0 Å². The van der Waals surface area contributed by atoms with Crippen LogP contribution >= 0.6 is 11.3 Å². The summed E-state index contributed by atoms with van der Waals surface area (Å²) < 4.78 is 14.1. The minimum Gasteiger partial charge on any atom is -0.366 e. The average molecular weight is 544 g/mol. The van der Waals surface area contributed by atoms with Crippen LogP contribution in [0.2, 0.25) is 0 Å². The van der Waals surface area contributed by atoms with Gasteiger partial charge in [-0.15, -0.1) is 11.3 Å². The molecule has 1 aliphatic heterocycles. The molecule has 8 nitrogen and oxygen atoms in total. The Bertz CT molecular complexity index is 1110. The van der Waals surface area contributed by atoms with Gasteiger partial charge < -0.3 is 20.0 Å². The van der Waals surface area contributed by atoms with Crippen molar-refractivity contribution in [1.82, 2.24) is 14.8 Å². The summed E-state index contributed by atoms with van der Waals surface area (Å²) in [7, 11) is 0. The quantitative estimate of drug-likeness (QED) is 0.513. The molecule has 2 aromatic rings. The maximum Gasteiger partial charge on any atom is 0.245 e. The minimum absolute atomic E-state index is 0.00758. The first-order valence-electron chi connectivity index (χ1n) is 13.6. The predicted molar refractivity (Wildman–Crippen MR) is 148 cm³/mol. The summed E-state index contributed by atoms with van der Waals surface area (Å²) in [4.78, 5) is 48.6. The highest BCUT2D eigenvalue weighted by molar-refractivity contribution is 7.13. The van der Waals surface area contributed by atoms with E-state index in [0.29, 0.717) is 49.2 Å². The first kappa shape index (κ1) is 28.0. The molecule has 1 saturated heterocycles. The van der Waals surface area contributed by atoms with E-state index in [-0.39, 0.29) is 48.3 Å². The van der Waals surface area contributed by atoms with Gasteiger partial charge in [0.1, 0.15) is 5.82 Å². The average Bonchev–Trinajstić information content (AvgIpc) is 3.34. The molecular formula is C28H38FN5O3S. The highest BCUT2D eigenvalue weighted by atomic mass is 32.1. The second-order valence-electron chi connectivity index (χ2n) is 10.6. The molecule has 38 heavy (non-hydrogen) atoms. The third-order valence-corrected chi connectivity index (χ3v) is 7.95. The molecule has 4 rings (SSSR count). The number of benzene rings is 1. The third-order valence-electron chi connectivity index (χ3n) is 7.14. The number of carbonyl (C=O) groups excluding carboxylic acids is 3. The summed E-state index contributed by atoms with van der Waals surface area (Å²) in [5.41, 5.74) is 1.16. The Morgan fingerprint density at radius 2 is 1.82 bits per heavy atom. The molecule has 206 valence electrons. The summed E-state index contributed by atoms with van der Waals surface area (Å²) >= 11 is 1.28. The van der Waals surface area contributed by atoms with Crippen LogP contribution in [-0.2, 0) is 20.8 Å². The number of hydrogen-bond acceptors (Lipinski definition) is 6. The van der Waals surface area contributed by atoms with Gasteiger partial charge in [-0.2, -0.15) is 0 Å². The molecule has 0 atom stereocenters. The number of anilines is 2. The van der Waals surface area contributed by atoms with E-state index in [0.717, 1.165) is 25.7 Å². The van der Waals surface area contributed by atoms with E-state index in [9.17, 15) is 18.8 Å². The molecule has 2 aliphatic rings. The maximum atomic E-state index is 14.1. The lowest BCUT2D eigenvalue weighted by atomic mass is 9.88. The maximum absolute atomic E-state index is 14.1. The number of amides is 3. The number of nitrogens with one attached hydrogen (secondary N) is 1. The topological polar surface area (TPSA) is 85.8 Å². The van der Waals surface area contributed by atoms with Crippen LogP contribution in [-0.4, -0.2) is 71.8 Å². The fraction of sp³-hybridized carbons (Fsp3) is 0.571. The number of thiazole rings is 1. The van der Waals surface area contributed by atoms with Gasteiger partial charge in [-0.25, -0.2) is 9.37 Å². The molecule has 0 bridgehead atoms. The molecule has 3 amide bonds. The molecule has 2 fully saturated rings. The fourth-order valence-corrected chi connectivity index (χ4v) is 5.96. The van der Waals surface area contributed by atoms with Crippen LogP contribution < -0.4 is 10.2 Å². The lowest BCUT2D eigenvalue weighted by Crippen LogP contribution is -2.49. The number of para-hydroxylation sites is 1. The van der Waals surface area contributed by atoms with E-state index >= 15 is 0 Å². The van der Waals surface area contributed by atoms with Gasteiger partial charge in [-0.1, -0.05) is 45.2 Å². The second kappa shape index (κ2) is 13.2. The molecule has 0 spiro atoms. The summed E-state index contributed by atoms with van der Waals surface area (Å²) in [5, 5.41) is 5.02. The zero-order valence-corrected chi connectivity index (χ0v) is 23.1. The van der Waals surface area contributed by atoms with Crippen molar-refractivity contribution in [2.45, 2.75) is 52.4 Å². The van der Waals surface area contributed by atoms with E-state index in [2.05, 4.69) is 10.3 Å². The molecule has 0 unspecified atom stereocenters. The van der Waals surface area contributed by atoms with E-state index in [1.165, 1.54) is 23.8 Å². The first-order chi connectivity index (χ1) is 18.3. The smallest absolute Gasteiger partial charge is 0.245 e. The van der Waals surface area contributed by atoms with Crippen molar-refractivity contribution >= 4 is 39.9 Å². The SMILES string of the molecule is CC(C)CN(CC(=O)Nc1nc(CC(=O)N2CCN(c3ccccc3F)CC2)cs1)C(=O)C1CCCCC1. The van der Waals surface area contributed by atoms with E-state index in [4.69, 9.17) is 0 Å². The number of carbonyl (C=O) groups is 3. The Morgan fingerprint density at radius 1 is 1.11 bits per heavy atom. The zero-order chi connectivity index (χ0) is 27.1. The van der Waals surface area contributed by atoms with E-state index in [1.54, 1.807) is 27.3 Å². The molecule has 10 heteroatoms. The standard InChI is InChI=1S/C28H38FN5O3S/c1-20(2)17-34(27(37)21-8-4-3-5-9-21)18-25(35)31-28-30-22(19-38-28)16-26(36)33-14-12-32(13-15-33)24-11-7-6-10-23(24)29/h6-7,10-11,19-21H,3-5,8-9,12-18H2,1-2H3,(H,30,31,35). The number of halogens is 1. The Balaban J connectivity index is 1.26. The number of rotatable bonds is 9. The van der Waals surface area contributed by atoms with Gasteiger partial charge in [-0.05, 0) is 30.9 Å². The van der Waals surface area contributed by atoms with E-state index in [1.807, 2.05) is 24.8 Å². The molecular weight excluding hydrogens is 505 g/mol. The van der Waals surface area contributed by atoms with Crippen molar-refractivity contribution in [3.63, 3.8) is 0 Å². The predicted octanol–water partition coefficient (Wildman–Crippen LogP) is 4.18. The summed E-state index contributed by atoms with van der Waals surface area (Å²) in [5.74, 6) is -0.208. The summed E-state index contributed by atoms with van der Waals surface area (Å²) in [6.07, 6.45) is 5.26. The third kappa shape index (κ3) is 7.52. The molecule has 2 heterocycles. The highest BCUT2D eigenvalue weighted by Gasteiger charge is 2.28. The normalized spacial score (nSPS) is 16.5. The van der Waals surface area contributed by atoms with Crippen LogP contribution in [0.3, 0.4) is 0 Å². The van der Waals surface area contributed by atoms with Crippen LogP contribution in [0, 0.1) is 17.7 Å². The Morgan fingerprint density at radius 3 is 2.50 bits per heavy atom. The molecule has 1 aromatic carbocycles. The second-order valence-corrected chi connectivity index (χ2v) is 11.5. The van der Waals surface area contributed by atoms with E-state index < -0.39 is 0 Å². The van der Waals surface area contributed by atoms with Crippen LogP contribution in [0.5, 0.6) is 0 Å². The van der Waals surface area contributed by atoms with Gasteiger partial charge in [0, 0.05) is 44.0 Å². The highest BCUT2D eigenvalue weighted by Crippen LogP contribution is 2.26. The van der Waals surface area contributed by atoms with Gasteiger partial charge >= 0.3 is 0 Å². The fourth-order valence-electron chi connectivity index (χ4n) is 5.23. The minimum atomic E-state index is -0.272. The van der Waals surface area contributed by atoms with Crippen LogP contribution in [0.1, 0.15) is 51.6 Å².